The molecule has 2 heterocycles. The van der Waals surface area contributed by atoms with Crippen LogP contribution in [0.5, 0.6) is 0 Å². The molecule has 0 amide bonds. The highest BCUT2D eigenvalue weighted by Crippen LogP contribution is 2.27. The van der Waals surface area contributed by atoms with E-state index in [2.05, 4.69) is 50.4 Å². The number of nitrogens with one attached hydrogen (secondary N) is 2. The van der Waals surface area contributed by atoms with Gasteiger partial charge in [0.2, 0.25) is 16.0 Å². The third-order valence-electron chi connectivity index (χ3n) is 5.63. The molecular weight excluding hydrogens is 452 g/mol. The number of nitrogens with two attached hydrogens (primary N) is 1. The van der Waals surface area contributed by atoms with Gasteiger partial charge in [-0.3, -0.25) is 0 Å². The summed E-state index contributed by atoms with van der Waals surface area (Å²) in [7, 11) is -1.72. The molecule has 0 saturated carbocycles. The predicted octanol–water partition coefficient (Wildman–Crippen LogP) is 2.54. The molecule has 4 rings (SSSR count). The molecule has 4 N–H and O–H groups in total. The van der Waals surface area contributed by atoms with Crippen molar-refractivity contribution in [2.45, 2.75) is 11.8 Å². The summed E-state index contributed by atoms with van der Waals surface area (Å²) in [5.41, 5.74) is 3.81. The van der Waals surface area contributed by atoms with Gasteiger partial charge in [-0.15, -0.1) is 0 Å². The summed E-state index contributed by atoms with van der Waals surface area (Å²) >= 11 is 0. The maximum atomic E-state index is 11.6. The Morgan fingerprint density at radius 2 is 1.79 bits per heavy atom. The Hall–Kier alpha value is -3.72. The number of piperazine rings is 1. The number of sulfonamides is 1. The Kier molecular flexibility index (Phi) is 6.65. The lowest BCUT2D eigenvalue weighted by Gasteiger charge is -2.35. The Balaban J connectivity index is 1.54. The monoisotopic (exact) mass is 478 g/mol. The van der Waals surface area contributed by atoms with Gasteiger partial charge in [0, 0.05) is 43.2 Å². The standard InChI is InChI=1S/C23H26N8O2S/c1-16-12-19(6-7-21(16)31-10-8-30(2)9-11-31)28-23-26-15-17(14-24)22(29-23)27-18-4-3-5-20(13-18)34(25,32)33/h3-7,12-13,15H,8-11H2,1-2H3,(H2,25,32,33)(H2,26,27,28,29). The first-order chi connectivity index (χ1) is 16.2. The smallest absolute Gasteiger partial charge is 0.238 e. The van der Waals surface area contributed by atoms with E-state index >= 15 is 0 Å². The van der Waals surface area contributed by atoms with Crippen molar-refractivity contribution < 1.29 is 8.42 Å². The molecule has 3 aromatic rings. The van der Waals surface area contributed by atoms with Crippen molar-refractivity contribution in [1.82, 2.24) is 14.9 Å². The van der Waals surface area contributed by atoms with Crippen molar-refractivity contribution >= 4 is 38.9 Å². The minimum Gasteiger partial charge on any atom is -0.369 e. The highest BCUT2D eigenvalue weighted by atomic mass is 32.2. The van der Waals surface area contributed by atoms with Gasteiger partial charge in [-0.25, -0.2) is 18.5 Å². The van der Waals surface area contributed by atoms with Gasteiger partial charge >= 0.3 is 0 Å². The quantitative estimate of drug-likeness (QED) is 0.487. The van der Waals surface area contributed by atoms with Gasteiger partial charge in [0.15, 0.2) is 5.82 Å². The van der Waals surface area contributed by atoms with Crippen LogP contribution in [0.1, 0.15) is 11.1 Å². The van der Waals surface area contributed by atoms with E-state index in [4.69, 9.17) is 5.14 Å². The van der Waals surface area contributed by atoms with Crippen LogP contribution in [-0.2, 0) is 10.0 Å². The van der Waals surface area contributed by atoms with Crippen LogP contribution in [0.3, 0.4) is 0 Å². The molecule has 34 heavy (non-hydrogen) atoms. The SMILES string of the molecule is Cc1cc(Nc2ncc(C#N)c(Nc3cccc(S(N)(=O)=O)c3)n2)ccc1N1CCN(C)CC1. The van der Waals surface area contributed by atoms with Crippen molar-refractivity contribution in [3.05, 3.63) is 59.8 Å². The second-order valence-corrected chi connectivity index (χ2v) is 9.74. The second-order valence-electron chi connectivity index (χ2n) is 8.18. The molecule has 1 saturated heterocycles. The lowest BCUT2D eigenvalue weighted by atomic mass is 10.1. The molecule has 176 valence electrons. The number of anilines is 5. The fourth-order valence-electron chi connectivity index (χ4n) is 3.77. The molecule has 0 spiro atoms. The summed E-state index contributed by atoms with van der Waals surface area (Å²) < 4.78 is 23.3. The number of nitriles is 1. The van der Waals surface area contributed by atoms with Gasteiger partial charge in [-0.1, -0.05) is 6.07 Å². The second kappa shape index (κ2) is 9.64. The van der Waals surface area contributed by atoms with Crippen LogP contribution in [-0.4, -0.2) is 56.5 Å². The van der Waals surface area contributed by atoms with E-state index in [1.54, 1.807) is 12.1 Å². The van der Waals surface area contributed by atoms with Crippen LogP contribution < -0.4 is 20.7 Å². The van der Waals surface area contributed by atoms with E-state index in [1.165, 1.54) is 24.0 Å². The molecule has 0 aliphatic carbocycles. The molecule has 0 bridgehead atoms. The topological polar surface area (TPSA) is 140 Å². The van der Waals surface area contributed by atoms with E-state index in [9.17, 15) is 13.7 Å². The molecule has 1 aliphatic rings. The Labute approximate surface area is 199 Å². The Morgan fingerprint density at radius 1 is 1.06 bits per heavy atom. The van der Waals surface area contributed by atoms with Gasteiger partial charge < -0.3 is 20.4 Å². The summed E-state index contributed by atoms with van der Waals surface area (Å²) in [6.07, 6.45) is 1.41. The van der Waals surface area contributed by atoms with E-state index < -0.39 is 10.0 Å². The fourth-order valence-corrected chi connectivity index (χ4v) is 4.33. The van der Waals surface area contributed by atoms with Gasteiger partial charge in [-0.2, -0.15) is 10.2 Å². The number of aryl methyl sites for hydroxylation is 1. The van der Waals surface area contributed by atoms with Gasteiger partial charge in [0.1, 0.15) is 11.6 Å². The van der Waals surface area contributed by atoms with Crippen LogP contribution in [0.25, 0.3) is 0 Å². The molecular formula is C23H26N8O2S. The number of aromatic nitrogens is 2. The minimum absolute atomic E-state index is 0.0423. The van der Waals surface area contributed by atoms with Crippen LogP contribution in [0.4, 0.5) is 28.8 Å². The largest absolute Gasteiger partial charge is 0.369 e. The molecule has 1 aliphatic heterocycles. The number of primary sulfonamides is 1. The Bertz CT molecular complexity index is 1350. The summed E-state index contributed by atoms with van der Waals surface area (Å²) in [4.78, 5) is 13.3. The first-order valence-corrected chi connectivity index (χ1v) is 12.3. The van der Waals surface area contributed by atoms with Gasteiger partial charge in [0.25, 0.3) is 0 Å². The van der Waals surface area contributed by atoms with Crippen molar-refractivity contribution in [3.63, 3.8) is 0 Å². The maximum absolute atomic E-state index is 11.6. The third kappa shape index (κ3) is 5.43. The number of likely N-dealkylation sites (N-methyl/N-ethyl adjacent to an activating group) is 1. The molecule has 0 atom stereocenters. The molecule has 1 fully saturated rings. The highest BCUT2D eigenvalue weighted by Gasteiger charge is 2.16. The van der Waals surface area contributed by atoms with Crippen molar-refractivity contribution in [2.75, 3.05) is 48.8 Å². The molecule has 10 nitrogen and oxygen atoms in total. The number of nitrogens with zero attached hydrogens (tertiary/aromatic N) is 5. The average Bonchev–Trinajstić information content (AvgIpc) is 2.80. The lowest BCUT2D eigenvalue weighted by Crippen LogP contribution is -2.44. The number of benzene rings is 2. The number of hydrogen-bond donors (Lipinski definition) is 3. The van der Waals surface area contributed by atoms with Crippen molar-refractivity contribution in [2.24, 2.45) is 5.14 Å². The third-order valence-corrected chi connectivity index (χ3v) is 6.54. The molecule has 2 aromatic carbocycles. The minimum atomic E-state index is -3.86. The lowest BCUT2D eigenvalue weighted by molar-refractivity contribution is 0.312. The zero-order valence-corrected chi connectivity index (χ0v) is 19.8. The normalized spacial score (nSPS) is 14.5. The molecule has 1 aromatic heterocycles. The fraction of sp³-hybridized carbons (Fsp3) is 0.261. The van der Waals surface area contributed by atoms with E-state index in [0.29, 0.717) is 11.6 Å². The van der Waals surface area contributed by atoms with Crippen LogP contribution in [0, 0.1) is 18.3 Å². The summed E-state index contributed by atoms with van der Waals surface area (Å²) in [6, 6.07) is 14.1. The maximum Gasteiger partial charge on any atom is 0.238 e. The van der Waals surface area contributed by atoms with Crippen LogP contribution in [0.15, 0.2) is 53.6 Å². The Morgan fingerprint density at radius 3 is 2.47 bits per heavy atom. The number of rotatable bonds is 6. The zero-order valence-electron chi connectivity index (χ0n) is 19.0. The molecule has 11 heteroatoms. The van der Waals surface area contributed by atoms with Crippen LogP contribution >= 0.6 is 0 Å². The van der Waals surface area contributed by atoms with Gasteiger partial charge in [-0.05, 0) is 55.9 Å². The molecule has 0 unspecified atom stereocenters. The number of hydrogen-bond acceptors (Lipinski definition) is 9. The van der Waals surface area contributed by atoms with Crippen LogP contribution in [0.2, 0.25) is 0 Å². The van der Waals surface area contributed by atoms with Crippen molar-refractivity contribution in [1.29, 1.82) is 5.26 Å². The predicted molar refractivity (Wildman–Crippen MR) is 132 cm³/mol. The molecule has 0 radical (unpaired) electrons. The van der Waals surface area contributed by atoms with E-state index in [0.717, 1.165) is 37.4 Å². The summed E-state index contributed by atoms with van der Waals surface area (Å²) in [5, 5.41) is 20.8. The highest BCUT2D eigenvalue weighted by molar-refractivity contribution is 7.89. The zero-order chi connectivity index (χ0) is 24.3. The van der Waals surface area contributed by atoms with Crippen molar-refractivity contribution in [3.8, 4) is 6.07 Å². The average molecular weight is 479 g/mol. The van der Waals surface area contributed by atoms with Gasteiger partial charge in [0.05, 0.1) is 11.1 Å². The first-order valence-electron chi connectivity index (χ1n) is 10.7. The van der Waals surface area contributed by atoms with E-state index in [-0.39, 0.29) is 16.3 Å². The van der Waals surface area contributed by atoms with E-state index in [1.807, 2.05) is 18.2 Å². The summed E-state index contributed by atoms with van der Waals surface area (Å²) in [5.74, 6) is 0.549. The summed E-state index contributed by atoms with van der Waals surface area (Å²) in [6.45, 7) is 6.13. The first kappa shape index (κ1) is 23.4.